The maximum absolute atomic E-state index is 12.8. The van der Waals surface area contributed by atoms with Crippen LogP contribution in [0, 0.1) is 0 Å². The van der Waals surface area contributed by atoms with Crippen molar-refractivity contribution in [3.05, 3.63) is 52.4 Å². The summed E-state index contributed by atoms with van der Waals surface area (Å²) in [7, 11) is 0. The number of phenols is 2. The number of aromatic hydroxyl groups is 2. The van der Waals surface area contributed by atoms with Gasteiger partial charge < -0.3 is 29.2 Å². The van der Waals surface area contributed by atoms with Gasteiger partial charge in [0.05, 0.1) is 11.8 Å². The molecule has 7 heteroatoms. The summed E-state index contributed by atoms with van der Waals surface area (Å²) in [6.07, 6.45) is 1.58. The number of ether oxygens (including phenoxy) is 2. The maximum atomic E-state index is 12.8. The lowest BCUT2D eigenvalue weighted by Crippen LogP contribution is -2.33. The minimum absolute atomic E-state index is 0.0378. The molecule has 0 spiro atoms. The first-order valence-electron chi connectivity index (χ1n) is 7.18. The average molecular weight is 326 g/mol. The summed E-state index contributed by atoms with van der Waals surface area (Å²) in [4.78, 5) is 12.8. The van der Waals surface area contributed by atoms with Crippen molar-refractivity contribution < 1.29 is 29.2 Å². The van der Waals surface area contributed by atoms with Gasteiger partial charge in [0.15, 0.2) is 5.60 Å². The van der Waals surface area contributed by atoms with Crippen molar-refractivity contribution in [2.75, 3.05) is 0 Å². The molecule has 3 N–H and O–H groups in total. The van der Waals surface area contributed by atoms with E-state index in [1.807, 2.05) is 0 Å². The van der Waals surface area contributed by atoms with Gasteiger partial charge in [-0.1, -0.05) is 6.07 Å². The monoisotopic (exact) mass is 326 g/mol. The summed E-state index contributed by atoms with van der Waals surface area (Å²) in [5, 5.41) is 31.1. The predicted molar refractivity (Wildman–Crippen MR) is 81.9 cm³/mol. The maximum Gasteiger partial charge on any atom is 0.277 e. The fourth-order valence-electron chi connectivity index (χ4n) is 3.31. The number of hydrogen-bond acceptors (Lipinski definition) is 7. The zero-order valence-corrected chi connectivity index (χ0v) is 12.0. The standard InChI is InChI=1S/C17H10O7/c18-7-2-1-3-8-11(7)14(19)12-9(23-8)6-10-13(15(12)20)17(21)4-5-22-16(17)24-10/h1-6,16,18,20-21H/t16-,17-/m0/s1. The molecule has 2 aliphatic rings. The molecule has 5 rings (SSSR count). The second kappa shape index (κ2) is 4.01. The zero-order valence-electron chi connectivity index (χ0n) is 12.0. The molecule has 0 unspecified atom stereocenters. The first-order valence-corrected chi connectivity index (χ1v) is 7.18. The molecule has 0 aliphatic carbocycles. The van der Waals surface area contributed by atoms with Gasteiger partial charge in [0, 0.05) is 6.07 Å². The van der Waals surface area contributed by atoms with E-state index in [0.29, 0.717) is 0 Å². The van der Waals surface area contributed by atoms with E-state index in [-0.39, 0.29) is 39.0 Å². The lowest BCUT2D eigenvalue weighted by atomic mass is 9.93. The third-order valence-electron chi connectivity index (χ3n) is 4.42. The Morgan fingerprint density at radius 3 is 2.79 bits per heavy atom. The Balaban J connectivity index is 1.97. The Morgan fingerprint density at radius 1 is 1.12 bits per heavy atom. The Morgan fingerprint density at radius 2 is 1.96 bits per heavy atom. The first kappa shape index (κ1) is 13.3. The van der Waals surface area contributed by atoms with Crippen molar-refractivity contribution in [1.82, 2.24) is 0 Å². The van der Waals surface area contributed by atoms with E-state index in [1.54, 1.807) is 6.07 Å². The van der Waals surface area contributed by atoms with Gasteiger partial charge in [0.25, 0.3) is 6.29 Å². The second-order valence-corrected chi connectivity index (χ2v) is 5.77. The molecule has 3 aromatic rings. The summed E-state index contributed by atoms with van der Waals surface area (Å²) < 4.78 is 16.3. The smallest absolute Gasteiger partial charge is 0.277 e. The second-order valence-electron chi connectivity index (χ2n) is 5.77. The van der Waals surface area contributed by atoms with Crippen LogP contribution in [0.5, 0.6) is 17.2 Å². The minimum Gasteiger partial charge on any atom is -0.507 e. The van der Waals surface area contributed by atoms with Crippen LogP contribution in [0.15, 0.2) is 45.8 Å². The van der Waals surface area contributed by atoms with Crippen molar-refractivity contribution >= 4 is 21.9 Å². The number of benzene rings is 2. The lowest BCUT2D eigenvalue weighted by Gasteiger charge is -2.18. The van der Waals surface area contributed by atoms with Crippen LogP contribution >= 0.6 is 0 Å². The van der Waals surface area contributed by atoms with Crippen LogP contribution in [0.4, 0.5) is 0 Å². The molecule has 24 heavy (non-hydrogen) atoms. The van der Waals surface area contributed by atoms with Crippen molar-refractivity contribution in [2.24, 2.45) is 0 Å². The van der Waals surface area contributed by atoms with Crippen molar-refractivity contribution in [3.63, 3.8) is 0 Å². The van der Waals surface area contributed by atoms with Gasteiger partial charge in [-0.2, -0.15) is 0 Å². The van der Waals surface area contributed by atoms with E-state index in [2.05, 4.69) is 0 Å². The van der Waals surface area contributed by atoms with E-state index in [1.165, 1.54) is 30.5 Å². The van der Waals surface area contributed by atoms with Crippen molar-refractivity contribution in [2.45, 2.75) is 11.9 Å². The van der Waals surface area contributed by atoms with Crippen molar-refractivity contribution in [3.8, 4) is 17.2 Å². The van der Waals surface area contributed by atoms with E-state index in [0.717, 1.165) is 0 Å². The van der Waals surface area contributed by atoms with Crippen LogP contribution in [0.25, 0.3) is 21.9 Å². The fourth-order valence-corrected chi connectivity index (χ4v) is 3.31. The number of rotatable bonds is 0. The number of phenolic OH excluding ortho intramolecular Hbond substituents is 2. The molecule has 2 atom stereocenters. The molecular formula is C17H10O7. The number of fused-ring (bicyclic) bond motifs is 5. The third-order valence-corrected chi connectivity index (χ3v) is 4.42. The van der Waals surface area contributed by atoms with Gasteiger partial charge in [-0.05, 0) is 18.2 Å². The van der Waals surface area contributed by atoms with Crippen LogP contribution in [0.1, 0.15) is 5.56 Å². The van der Waals surface area contributed by atoms with Gasteiger partial charge in [0.2, 0.25) is 5.43 Å². The summed E-state index contributed by atoms with van der Waals surface area (Å²) in [6, 6.07) is 5.86. The molecule has 120 valence electrons. The van der Waals surface area contributed by atoms with Crippen LogP contribution in [0.3, 0.4) is 0 Å². The van der Waals surface area contributed by atoms with Gasteiger partial charge in [-0.25, -0.2) is 0 Å². The summed E-state index contributed by atoms with van der Waals surface area (Å²) >= 11 is 0. The average Bonchev–Trinajstić information content (AvgIpc) is 3.00. The minimum atomic E-state index is -1.69. The highest BCUT2D eigenvalue weighted by Gasteiger charge is 2.53. The molecule has 2 aliphatic heterocycles. The molecule has 7 nitrogen and oxygen atoms in total. The van der Waals surface area contributed by atoms with Crippen molar-refractivity contribution in [1.29, 1.82) is 0 Å². The van der Waals surface area contributed by atoms with Gasteiger partial charge in [0.1, 0.15) is 39.2 Å². The highest BCUT2D eigenvalue weighted by molar-refractivity contribution is 5.97. The molecule has 0 fully saturated rings. The molecule has 0 saturated heterocycles. The van der Waals surface area contributed by atoms with Gasteiger partial charge in [-0.15, -0.1) is 0 Å². The molecule has 0 radical (unpaired) electrons. The zero-order chi connectivity index (χ0) is 16.6. The number of hydrogen-bond donors (Lipinski definition) is 3. The number of aliphatic hydroxyl groups is 1. The molecule has 1 aromatic heterocycles. The third kappa shape index (κ3) is 1.38. The van der Waals surface area contributed by atoms with E-state index < -0.39 is 23.1 Å². The quantitative estimate of drug-likeness (QED) is 0.540. The Hall–Kier alpha value is -3.19. The SMILES string of the molecule is O=c1c2c(O)cccc2oc2cc3c(c(O)c12)[C@@]1(O)C=CO[C@H]1O3. The topological polar surface area (TPSA) is 109 Å². The normalized spacial score (nSPS) is 24.0. The Bertz CT molecular complexity index is 1130. The molecule has 0 amide bonds. The van der Waals surface area contributed by atoms with E-state index in [4.69, 9.17) is 13.9 Å². The Kier molecular flexibility index (Phi) is 2.22. The molecular weight excluding hydrogens is 316 g/mol. The summed E-state index contributed by atoms with van der Waals surface area (Å²) in [5.74, 6) is -0.541. The molecule has 0 saturated carbocycles. The summed E-state index contributed by atoms with van der Waals surface area (Å²) in [6.45, 7) is 0. The predicted octanol–water partition coefficient (Wildman–Crippen LogP) is 1.81. The molecule has 0 bridgehead atoms. The van der Waals surface area contributed by atoms with Crippen LogP contribution in [0.2, 0.25) is 0 Å². The van der Waals surface area contributed by atoms with Gasteiger partial charge >= 0.3 is 0 Å². The van der Waals surface area contributed by atoms with E-state index >= 15 is 0 Å². The van der Waals surface area contributed by atoms with E-state index in [9.17, 15) is 20.1 Å². The van der Waals surface area contributed by atoms with Gasteiger partial charge in [-0.3, -0.25) is 4.79 Å². The summed E-state index contributed by atoms with van der Waals surface area (Å²) in [5.41, 5.74) is -1.98. The van der Waals surface area contributed by atoms with Crippen LogP contribution in [-0.2, 0) is 10.3 Å². The molecule has 3 heterocycles. The fraction of sp³-hybridized carbons (Fsp3) is 0.118. The lowest BCUT2D eigenvalue weighted by molar-refractivity contribution is -0.110. The highest BCUT2D eigenvalue weighted by atomic mass is 16.7. The Labute approximate surface area is 133 Å². The largest absolute Gasteiger partial charge is 0.507 e. The first-order chi connectivity index (χ1) is 11.5. The van der Waals surface area contributed by atoms with Crippen LogP contribution < -0.4 is 10.2 Å². The highest BCUT2D eigenvalue weighted by Crippen LogP contribution is 2.52. The molecule has 2 aromatic carbocycles. The van der Waals surface area contributed by atoms with Crippen LogP contribution in [-0.4, -0.2) is 21.6 Å².